The van der Waals surface area contributed by atoms with Gasteiger partial charge < -0.3 is 19.9 Å². The van der Waals surface area contributed by atoms with Crippen LogP contribution in [0, 0.1) is 0 Å². The zero-order valence-electron chi connectivity index (χ0n) is 11.8. The predicted molar refractivity (Wildman–Crippen MR) is 69.0 cm³/mol. The highest BCUT2D eigenvalue weighted by Gasteiger charge is 2.25. The summed E-state index contributed by atoms with van der Waals surface area (Å²) in [4.78, 5) is 22.0. The summed E-state index contributed by atoms with van der Waals surface area (Å²) < 4.78 is 10.4. The molecule has 2 N–H and O–H groups in total. The predicted octanol–water partition coefficient (Wildman–Crippen LogP) is 1.92. The van der Waals surface area contributed by atoms with Gasteiger partial charge in [0, 0.05) is 6.04 Å². The molecule has 0 unspecified atom stereocenters. The summed E-state index contributed by atoms with van der Waals surface area (Å²) in [5.74, 6) is -0.950. The molecule has 0 atom stereocenters. The lowest BCUT2D eigenvalue weighted by Gasteiger charge is -2.29. The lowest BCUT2D eigenvalue weighted by Crippen LogP contribution is -2.42. The molecule has 1 fully saturated rings. The van der Waals surface area contributed by atoms with Crippen molar-refractivity contribution in [3.05, 3.63) is 0 Å². The highest BCUT2D eigenvalue weighted by atomic mass is 16.6. The second-order valence-corrected chi connectivity index (χ2v) is 5.82. The van der Waals surface area contributed by atoms with Gasteiger partial charge in [-0.1, -0.05) is 0 Å². The maximum absolute atomic E-state index is 11.6. The van der Waals surface area contributed by atoms with Crippen molar-refractivity contribution in [1.82, 2.24) is 5.32 Å². The number of rotatable bonds is 4. The number of hydrogen-bond donors (Lipinski definition) is 2. The standard InChI is InChI=1S/C13H23NO5/c1-13(2,3)19-12(17)14-9-4-6-10(7-5-9)18-8-11(15)16/h9-10H,4-8H2,1-3H3,(H,14,17)(H,15,16). The van der Waals surface area contributed by atoms with E-state index >= 15 is 0 Å². The zero-order chi connectivity index (χ0) is 14.5. The van der Waals surface area contributed by atoms with Crippen LogP contribution in [0.2, 0.25) is 0 Å². The van der Waals surface area contributed by atoms with E-state index in [9.17, 15) is 9.59 Å². The second kappa shape index (κ2) is 6.75. The molecule has 6 heteroatoms. The van der Waals surface area contributed by atoms with Gasteiger partial charge in [0.2, 0.25) is 0 Å². The van der Waals surface area contributed by atoms with Crippen molar-refractivity contribution in [2.75, 3.05) is 6.61 Å². The minimum Gasteiger partial charge on any atom is -0.480 e. The van der Waals surface area contributed by atoms with Gasteiger partial charge in [-0.25, -0.2) is 9.59 Å². The van der Waals surface area contributed by atoms with E-state index in [1.165, 1.54) is 0 Å². The average molecular weight is 273 g/mol. The zero-order valence-corrected chi connectivity index (χ0v) is 11.8. The Labute approximate surface area is 113 Å². The molecule has 1 amide bonds. The summed E-state index contributed by atoms with van der Waals surface area (Å²) in [7, 11) is 0. The van der Waals surface area contributed by atoms with Crippen LogP contribution in [0.3, 0.4) is 0 Å². The van der Waals surface area contributed by atoms with Gasteiger partial charge in [-0.15, -0.1) is 0 Å². The van der Waals surface area contributed by atoms with Crippen LogP contribution in [0.4, 0.5) is 4.79 Å². The van der Waals surface area contributed by atoms with Crippen molar-refractivity contribution in [1.29, 1.82) is 0 Å². The Kier molecular flexibility index (Phi) is 5.60. The number of alkyl carbamates (subject to hydrolysis) is 1. The summed E-state index contributed by atoms with van der Waals surface area (Å²) >= 11 is 0. The van der Waals surface area contributed by atoms with Gasteiger partial charge in [0.05, 0.1) is 6.10 Å². The van der Waals surface area contributed by atoms with Crippen LogP contribution in [0.15, 0.2) is 0 Å². The molecule has 0 spiro atoms. The topological polar surface area (TPSA) is 84.9 Å². The SMILES string of the molecule is CC(C)(C)OC(=O)NC1CCC(OCC(=O)O)CC1. The summed E-state index contributed by atoms with van der Waals surface area (Å²) in [6.45, 7) is 5.21. The molecule has 0 radical (unpaired) electrons. The van der Waals surface area contributed by atoms with Crippen LogP contribution >= 0.6 is 0 Å². The normalized spacial score (nSPS) is 23.7. The van der Waals surface area contributed by atoms with Gasteiger partial charge in [0.1, 0.15) is 12.2 Å². The van der Waals surface area contributed by atoms with Gasteiger partial charge in [0.25, 0.3) is 0 Å². The second-order valence-electron chi connectivity index (χ2n) is 5.82. The third-order valence-electron chi connectivity index (χ3n) is 2.84. The minimum atomic E-state index is -0.950. The van der Waals surface area contributed by atoms with E-state index in [0.717, 1.165) is 25.7 Å². The first kappa shape index (κ1) is 15.8. The van der Waals surface area contributed by atoms with E-state index in [4.69, 9.17) is 14.6 Å². The molecule has 0 aromatic heterocycles. The fourth-order valence-corrected chi connectivity index (χ4v) is 2.04. The molecule has 0 saturated heterocycles. The molecule has 1 aliphatic rings. The van der Waals surface area contributed by atoms with Crippen molar-refractivity contribution in [2.45, 2.75) is 64.2 Å². The van der Waals surface area contributed by atoms with Gasteiger partial charge >= 0.3 is 12.1 Å². The van der Waals surface area contributed by atoms with Crippen molar-refractivity contribution < 1.29 is 24.2 Å². The molecule has 0 aliphatic heterocycles. The molecular formula is C13H23NO5. The number of ether oxygens (including phenoxy) is 2. The molecule has 0 bridgehead atoms. The summed E-state index contributed by atoms with van der Waals surface area (Å²) in [6, 6.07) is 0.0829. The smallest absolute Gasteiger partial charge is 0.407 e. The van der Waals surface area contributed by atoms with Gasteiger partial charge in [-0.3, -0.25) is 0 Å². The summed E-state index contributed by atoms with van der Waals surface area (Å²) in [5.41, 5.74) is -0.494. The number of carbonyl (C=O) groups excluding carboxylic acids is 1. The first-order valence-electron chi connectivity index (χ1n) is 6.59. The Hall–Kier alpha value is -1.30. The van der Waals surface area contributed by atoms with E-state index in [-0.39, 0.29) is 18.8 Å². The van der Waals surface area contributed by atoms with Crippen LogP contribution in [0.1, 0.15) is 46.5 Å². The molecular weight excluding hydrogens is 250 g/mol. The van der Waals surface area contributed by atoms with E-state index in [2.05, 4.69) is 5.32 Å². The summed E-state index contributed by atoms with van der Waals surface area (Å²) in [5, 5.41) is 11.4. The van der Waals surface area contributed by atoms with E-state index in [1.807, 2.05) is 20.8 Å². The highest BCUT2D eigenvalue weighted by Crippen LogP contribution is 2.21. The van der Waals surface area contributed by atoms with Gasteiger partial charge in [-0.2, -0.15) is 0 Å². The fourth-order valence-electron chi connectivity index (χ4n) is 2.04. The van der Waals surface area contributed by atoms with Crippen LogP contribution in [0.5, 0.6) is 0 Å². The number of nitrogens with one attached hydrogen (secondary N) is 1. The van der Waals surface area contributed by atoms with Crippen molar-refractivity contribution in [3.8, 4) is 0 Å². The van der Waals surface area contributed by atoms with E-state index in [1.54, 1.807) is 0 Å². The Morgan fingerprint density at radius 3 is 2.26 bits per heavy atom. The van der Waals surface area contributed by atoms with E-state index < -0.39 is 17.7 Å². The molecule has 0 heterocycles. The minimum absolute atomic E-state index is 0.0206. The maximum Gasteiger partial charge on any atom is 0.407 e. The Bertz CT molecular complexity index is 315. The average Bonchev–Trinajstić information content (AvgIpc) is 2.25. The molecule has 0 aromatic carbocycles. The Morgan fingerprint density at radius 1 is 1.21 bits per heavy atom. The molecule has 1 rings (SSSR count). The molecule has 110 valence electrons. The Balaban J connectivity index is 2.23. The number of carboxylic acid groups (broad SMARTS) is 1. The number of hydrogen-bond acceptors (Lipinski definition) is 4. The molecule has 1 saturated carbocycles. The molecule has 6 nitrogen and oxygen atoms in total. The molecule has 19 heavy (non-hydrogen) atoms. The third kappa shape index (κ3) is 7.00. The number of carboxylic acids is 1. The third-order valence-corrected chi connectivity index (χ3v) is 2.84. The van der Waals surface area contributed by atoms with Crippen LogP contribution in [-0.4, -0.2) is 41.5 Å². The summed E-state index contributed by atoms with van der Waals surface area (Å²) in [6.07, 6.45) is 2.66. The van der Waals surface area contributed by atoms with Crippen molar-refractivity contribution in [3.63, 3.8) is 0 Å². The highest BCUT2D eigenvalue weighted by molar-refractivity contribution is 5.68. The number of amides is 1. The maximum atomic E-state index is 11.6. The first-order valence-corrected chi connectivity index (χ1v) is 6.59. The van der Waals surface area contributed by atoms with Crippen molar-refractivity contribution in [2.24, 2.45) is 0 Å². The molecule has 0 aromatic rings. The monoisotopic (exact) mass is 273 g/mol. The Morgan fingerprint density at radius 2 is 1.79 bits per heavy atom. The lowest BCUT2D eigenvalue weighted by atomic mass is 9.93. The largest absolute Gasteiger partial charge is 0.480 e. The molecule has 1 aliphatic carbocycles. The lowest BCUT2D eigenvalue weighted by molar-refractivity contribution is -0.145. The first-order chi connectivity index (χ1) is 8.76. The van der Waals surface area contributed by atoms with Gasteiger partial charge in [0.15, 0.2) is 0 Å². The number of carbonyl (C=O) groups is 2. The fraction of sp³-hybridized carbons (Fsp3) is 0.846. The van der Waals surface area contributed by atoms with Crippen LogP contribution < -0.4 is 5.32 Å². The van der Waals surface area contributed by atoms with Crippen LogP contribution in [-0.2, 0) is 14.3 Å². The number of aliphatic carboxylic acids is 1. The van der Waals surface area contributed by atoms with E-state index in [0.29, 0.717) is 0 Å². The van der Waals surface area contributed by atoms with Crippen molar-refractivity contribution >= 4 is 12.1 Å². The van der Waals surface area contributed by atoms with Crippen LogP contribution in [0.25, 0.3) is 0 Å². The van der Waals surface area contributed by atoms with Gasteiger partial charge in [-0.05, 0) is 46.5 Å². The quantitative estimate of drug-likeness (QED) is 0.817.